The van der Waals surface area contributed by atoms with Crippen molar-refractivity contribution in [1.82, 2.24) is 5.43 Å². The number of hydrogen-bond acceptors (Lipinski definition) is 2. The summed E-state index contributed by atoms with van der Waals surface area (Å²) in [4.78, 5) is 0. The van der Waals surface area contributed by atoms with Crippen LogP contribution in [0.25, 0.3) is 0 Å². The van der Waals surface area contributed by atoms with Crippen molar-refractivity contribution in [2.24, 2.45) is 11.0 Å². The molecule has 1 N–H and O–H groups in total. The van der Waals surface area contributed by atoms with E-state index in [0.717, 1.165) is 6.54 Å². The van der Waals surface area contributed by atoms with Crippen LogP contribution in [0, 0.1) is 5.92 Å². The monoisotopic (exact) mass is 126 g/mol. The van der Waals surface area contributed by atoms with Crippen LogP contribution in [-0.2, 0) is 0 Å². The van der Waals surface area contributed by atoms with E-state index in [-0.39, 0.29) is 0 Å². The molecule has 0 spiro atoms. The molecule has 0 atom stereocenters. The molecule has 0 saturated heterocycles. The maximum absolute atomic E-state index is 3.91. The Hall–Kier alpha value is -0.790. The molecule has 0 saturated carbocycles. The molecule has 0 aromatic carbocycles. The first-order valence-electron chi connectivity index (χ1n) is 3.14. The van der Waals surface area contributed by atoms with E-state index < -0.39 is 0 Å². The molecule has 52 valence electrons. The summed E-state index contributed by atoms with van der Waals surface area (Å²) in [6.45, 7) is 8.45. The van der Waals surface area contributed by atoms with Crippen LogP contribution in [0.15, 0.2) is 17.8 Å². The highest BCUT2D eigenvalue weighted by molar-refractivity contribution is 5.59. The van der Waals surface area contributed by atoms with E-state index in [1.54, 1.807) is 6.08 Å². The molecule has 0 aliphatic carbocycles. The molecule has 0 amide bonds. The summed E-state index contributed by atoms with van der Waals surface area (Å²) >= 11 is 0. The summed E-state index contributed by atoms with van der Waals surface area (Å²) < 4.78 is 0. The number of hydrogen-bond donors (Lipinski definition) is 1. The van der Waals surface area contributed by atoms with Crippen LogP contribution in [0.2, 0.25) is 0 Å². The zero-order valence-corrected chi connectivity index (χ0v) is 6.09. The van der Waals surface area contributed by atoms with E-state index in [1.807, 2.05) is 6.21 Å². The maximum atomic E-state index is 3.91. The van der Waals surface area contributed by atoms with Crippen molar-refractivity contribution >= 4 is 6.21 Å². The van der Waals surface area contributed by atoms with Crippen LogP contribution in [0.3, 0.4) is 0 Å². The SMILES string of the molecule is C=CCN/N=C\C(C)C. The smallest absolute Gasteiger partial charge is 0.0507 e. The van der Waals surface area contributed by atoms with E-state index in [0.29, 0.717) is 5.92 Å². The number of hydrazone groups is 1. The average Bonchev–Trinajstić information content (AvgIpc) is 1.80. The second-order valence-electron chi connectivity index (χ2n) is 2.17. The fourth-order valence-corrected chi connectivity index (χ4v) is 0.319. The highest BCUT2D eigenvalue weighted by atomic mass is 15.3. The minimum Gasteiger partial charge on any atom is -0.307 e. The molecule has 0 aliphatic heterocycles. The Kier molecular flexibility index (Phi) is 4.88. The van der Waals surface area contributed by atoms with Gasteiger partial charge in [-0.05, 0) is 5.92 Å². The van der Waals surface area contributed by atoms with Crippen molar-refractivity contribution in [3.05, 3.63) is 12.7 Å². The number of nitrogens with zero attached hydrogens (tertiary/aromatic N) is 1. The first-order valence-corrected chi connectivity index (χ1v) is 3.14. The standard InChI is InChI=1S/C7H14N2/c1-4-5-8-9-6-7(2)3/h4,6-8H,1,5H2,2-3H3/b9-6-. The number of nitrogens with one attached hydrogen (secondary N) is 1. The van der Waals surface area contributed by atoms with E-state index in [2.05, 4.69) is 31.0 Å². The lowest BCUT2D eigenvalue weighted by Gasteiger charge is -1.93. The fourth-order valence-electron chi connectivity index (χ4n) is 0.319. The van der Waals surface area contributed by atoms with Crippen molar-refractivity contribution in [2.45, 2.75) is 13.8 Å². The first-order chi connectivity index (χ1) is 4.27. The molecule has 0 aromatic rings. The van der Waals surface area contributed by atoms with Crippen LogP contribution < -0.4 is 5.43 Å². The molecular formula is C7H14N2. The largest absolute Gasteiger partial charge is 0.307 e. The number of rotatable bonds is 4. The van der Waals surface area contributed by atoms with Crippen LogP contribution in [0.4, 0.5) is 0 Å². The zero-order valence-electron chi connectivity index (χ0n) is 6.09. The molecule has 0 aromatic heterocycles. The summed E-state index contributed by atoms with van der Waals surface area (Å²) in [5.74, 6) is 0.516. The fraction of sp³-hybridized carbons (Fsp3) is 0.571. The van der Waals surface area contributed by atoms with Gasteiger partial charge in [-0.3, -0.25) is 0 Å². The van der Waals surface area contributed by atoms with Crippen LogP contribution in [0.1, 0.15) is 13.8 Å². The summed E-state index contributed by atoms with van der Waals surface area (Å²) in [6.07, 6.45) is 3.64. The van der Waals surface area contributed by atoms with Crippen LogP contribution in [-0.4, -0.2) is 12.8 Å². The maximum Gasteiger partial charge on any atom is 0.0507 e. The van der Waals surface area contributed by atoms with Gasteiger partial charge in [-0.25, -0.2) is 0 Å². The van der Waals surface area contributed by atoms with Crippen molar-refractivity contribution in [1.29, 1.82) is 0 Å². The van der Waals surface area contributed by atoms with Gasteiger partial charge in [0, 0.05) is 6.21 Å². The van der Waals surface area contributed by atoms with E-state index >= 15 is 0 Å². The van der Waals surface area contributed by atoms with Gasteiger partial charge in [0.1, 0.15) is 0 Å². The summed E-state index contributed by atoms with van der Waals surface area (Å²) in [5, 5.41) is 3.91. The molecule has 0 bridgehead atoms. The van der Waals surface area contributed by atoms with Gasteiger partial charge in [-0.2, -0.15) is 5.10 Å². The van der Waals surface area contributed by atoms with Crippen molar-refractivity contribution in [3.63, 3.8) is 0 Å². The molecular weight excluding hydrogens is 112 g/mol. The third-order valence-corrected chi connectivity index (χ3v) is 0.700. The van der Waals surface area contributed by atoms with E-state index in [9.17, 15) is 0 Å². The van der Waals surface area contributed by atoms with Gasteiger partial charge in [0.25, 0.3) is 0 Å². The Bertz CT molecular complexity index is 95.1. The minimum absolute atomic E-state index is 0.516. The summed E-state index contributed by atoms with van der Waals surface area (Å²) in [6, 6.07) is 0. The lowest BCUT2D eigenvalue weighted by atomic mass is 10.3. The Morgan fingerprint density at radius 3 is 2.78 bits per heavy atom. The predicted molar refractivity (Wildman–Crippen MR) is 41.5 cm³/mol. The normalized spacial score (nSPS) is 10.6. The van der Waals surface area contributed by atoms with Gasteiger partial charge in [0.2, 0.25) is 0 Å². The zero-order chi connectivity index (χ0) is 7.11. The quantitative estimate of drug-likeness (QED) is 0.262. The molecule has 0 fully saturated rings. The lowest BCUT2D eigenvalue weighted by Crippen LogP contribution is -2.05. The molecule has 0 rings (SSSR count). The third kappa shape index (κ3) is 7.21. The minimum atomic E-state index is 0.516. The van der Waals surface area contributed by atoms with E-state index in [4.69, 9.17) is 0 Å². The van der Waals surface area contributed by atoms with Gasteiger partial charge >= 0.3 is 0 Å². The highest BCUT2D eigenvalue weighted by Crippen LogP contribution is 1.82. The molecule has 0 unspecified atom stereocenters. The third-order valence-electron chi connectivity index (χ3n) is 0.700. The molecule has 2 heteroatoms. The lowest BCUT2D eigenvalue weighted by molar-refractivity contribution is 0.803. The molecule has 0 radical (unpaired) electrons. The van der Waals surface area contributed by atoms with Gasteiger partial charge in [-0.15, -0.1) is 6.58 Å². The summed E-state index contributed by atoms with van der Waals surface area (Å²) in [7, 11) is 0. The molecule has 9 heavy (non-hydrogen) atoms. The Morgan fingerprint density at radius 2 is 2.33 bits per heavy atom. The van der Waals surface area contributed by atoms with E-state index in [1.165, 1.54) is 0 Å². The van der Waals surface area contributed by atoms with Gasteiger partial charge in [0.05, 0.1) is 6.54 Å². The van der Waals surface area contributed by atoms with Crippen molar-refractivity contribution in [3.8, 4) is 0 Å². The second-order valence-corrected chi connectivity index (χ2v) is 2.17. The average molecular weight is 126 g/mol. The Morgan fingerprint density at radius 1 is 1.67 bits per heavy atom. The van der Waals surface area contributed by atoms with Crippen molar-refractivity contribution < 1.29 is 0 Å². The Labute approximate surface area is 56.7 Å². The molecule has 2 nitrogen and oxygen atoms in total. The van der Waals surface area contributed by atoms with Gasteiger partial charge in [0.15, 0.2) is 0 Å². The Balaban J connectivity index is 3.14. The summed E-state index contributed by atoms with van der Waals surface area (Å²) in [5.41, 5.74) is 2.82. The molecule has 0 heterocycles. The predicted octanol–water partition coefficient (Wildman–Crippen LogP) is 1.40. The highest BCUT2D eigenvalue weighted by Gasteiger charge is 1.81. The second kappa shape index (κ2) is 5.35. The van der Waals surface area contributed by atoms with Crippen molar-refractivity contribution in [2.75, 3.05) is 6.54 Å². The van der Waals surface area contributed by atoms with Crippen LogP contribution in [0.5, 0.6) is 0 Å². The van der Waals surface area contributed by atoms with Gasteiger partial charge < -0.3 is 5.43 Å². The topological polar surface area (TPSA) is 24.4 Å². The molecule has 0 aliphatic rings. The first kappa shape index (κ1) is 8.21. The van der Waals surface area contributed by atoms with Gasteiger partial charge in [-0.1, -0.05) is 19.9 Å². The van der Waals surface area contributed by atoms with Crippen LogP contribution >= 0.6 is 0 Å².